The standard InChI is InChI=1S/C35H34Br2N2O4/c1-2-3-5-10-23-15-17-24(18-16-23)22-38-33(40)27-19-29(36)32(30(37)20-27)31(39-34(41)35(42)43)21-26-13-8-9-14-28(26)25-11-6-4-7-12-25/h4,6-9,11-20,31H,2-3,5,10,21-22H2,1H3,(H,38,40)(H,39,41)(H,42,43). The lowest BCUT2D eigenvalue weighted by Crippen LogP contribution is -2.35. The van der Waals surface area contributed by atoms with Gasteiger partial charge in [-0.25, -0.2) is 4.79 Å². The van der Waals surface area contributed by atoms with Crippen LogP contribution in [-0.2, 0) is 29.0 Å². The summed E-state index contributed by atoms with van der Waals surface area (Å²) in [5.41, 5.74) is 6.28. The number of aliphatic carboxylic acids is 1. The highest BCUT2D eigenvalue weighted by Crippen LogP contribution is 2.36. The van der Waals surface area contributed by atoms with E-state index < -0.39 is 17.9 Å². The molecule has 43 heavy (non-hydrogen) atoms. The molecule has 0 heterocycles. The Morgan fingerprint density at radius 3 is 2.09 bits per heavy atom. The van der Waals surface area contributed by atoms with Crippen LogP contribution < -0.4 is 10.6 Å². The highest BCUT2D eigenvalue weighted by Gasteiger charge is 2.25. The third-order valence-electron chi connectivity index (χ3n) is 7.26. The zero-order valence-corrected chi connectivity index (χ0v) is 27.1. The van der Waals surface area contributed by atoms with E-state index >= 15 is 0 Å². The first kappa shape index (κ1) is 32.2. The van der Waals surface area contributed by atoms with Crippen LogP contribution in [0.2, 0.25) is 0 Å². The minimum Gasteiger partial charge on any atom is -0.474 e. The normalized spacial score (nSPS) is 11.5. The van der Waals surface area contributed by atoms with Crippen LogP contribution in [0.15, 0.2) is 99.9 Å². The van der Waals surface area contributed by atoms with Gasteiger partial charge in [0.25, 0.3) is 5.91 Å². The largest absolute Gasteiger partial charge is 0.474 e. The Labute approximate surface area is 269 Å². The lowest BCUT2D eigenvalue weighted by atomic mass is 9.92. The van der Waals surface area contributed by atoms with Crippen LogP contribution in [0.3, 0.4) is 0 Å². The molecular formula is C35H34Br2N2O4. The highest BCUT2D eigenvalue weighted by molar-refractivity contribution is 9.11. The number of unbranched alkanes of at least 4 members (excludes halogenated alkanes) is 2. The van der Waals surface area contributed by atoms with Gasteiger partial charge in [-0.05, 0) is 59.2 Å². The van der Waals surface area contributed by atoms with Gasteiger partial charge in [0.05, 0.1) is 6.04 Å². The average Bonchev–Trinajstić information content (AvgIpc) is 3.00. The Kier molecular flexibility index (Phi) is 11.7. The molecule has 0 fully saturated rings. The maximum atomic E-state index is 13.1. The smallest absolute Gasteiger partial charge is 0.394 e. The monoisotopic (exact) mass is 704 g/mol. The molecule has 0 aliphatic heterocycles. The molecule has 0 spiro atoms. The molecule has 4 rings (SSSR count). The van der Waals surface area contributed by atoms with E-state index in [2.05, 4.69) is 61.5 Å². The molecule has 0 saturated heterocycles. The van der Waals surface area contributed by atoms with E-state index in [-0.39, 0.29) is 5.91 Å². The Morgan fingerprint density at radius 1 is 0.814 bits per heavy atom. The second-order valence-electron chi connectivity index (χ2n) is 10.4. The van der Waals surface area contributed by atoms with Crippen LogP contribution in [0.1, 0.15) is 64.8 Å². The summed E-state index contributed by atoms with van der Waals surface area (Å²) >= 11 is 7.18. The second-order valence-corrected chi connectivity index (χ2v) is 12.1. The number of halogens is 2. The summed E-state index contributed by atoms with van der Waals surface area (Å²) in [5, 5.41) is 15.0. The summed E-state index contributed by atoms with van der Waals surface area (Å²) in [7, 11) is 0. The number of hydrogen-bond donors (Lipinski definition) is 3. The third-order valence-corrected chi connectivity index (χ3v) is 8.57. The highest BCUT2D eigenvalue weighted by atomic mass is 79.9. The van der Waals surface area contributed by atoms with Gasteiger partial charge in [-0.1, -0.05) is 130 Å². The topological polar surface area (TPSA) is 95.5 Å². The quantitative estimate of drug-likeness (QED) is 0.103. The molecule has 4 aromatic carbocycles. The van der Waals surface area contributed by atoms with Gasteiger partial charge < -0.3 is 15.7 Å². The van der Waals surface area contributed by atoms with Crippen molar-refractivity contribution in [2.75, 3.05) is 0 Å². The first-order valence-corrected chi connectivity index (χ1v) is 15.9. The SMILES string of the molecule is CCCCCc1ccc(CNC(=O)c2cc(Br)c(C(Cc3ccccc3-c3ccccc3)NC(=O)C(=O)O)c(Br)c2)cc1. The number of benzene rings is 4. The molecule has 1 unspecified atom stereocenters. The molecule has 3 N–H and O–H groups in total. The van der Waals surface area contributed by atoms with E-state index in [4.69, 9.17) is 0 Å². The molecular weight excluding hydrogens is 672 g/mol. The number of nitrogens with one attached hydrogen (secondary N) is 2. The predicted octanol–water partition coefficient (Wildman–Crippen LogP) is 8.03. The Hall–Kier alpha value is -3.75. The number of aryl methyl sites for hydroxylation is 1. The fourth-order valence-corrected chi connectivity index (χ4v) is 6.74. The Morgan fingerprint density at radius 2 is 1.44 bits per heavy atom. The zero-order chi connectivity index (χ0) is 30.8. The van der Waals surface area contributed by atoms with E-state index in [0.717, 1.165) is 28.7 Å². The van der Waals surface area contributed by atoms with Crippen molar-refractivity contribution in [1.29, 1.82) is 0 Å². The first-order valence-electron chi connectivity index (χ1n) is 14.3. The lowest BCUT2D eigenvalue weighted by molar-refractivity contribution is -0.150. The van der Waals surface area contributed by atoms with Crippen molar-refractivity contribution in [2.24, 2.45) is 0 Å². The predicted molar refractivity (Wildman–Crippen MR) is 177 cm³/mol. The summed E-state index contributed by atoms with van der Waals surface area (Å²) in [5.74, 6) is -2.93. The summed E-state index contributed by atoms with van der Waals surface area (Å²) in [6.45, 7) is 2.58. The number of carbonyl (C=O) groups excluding carboxylic acids is 2. The van der Waals surface area contributed by atoms with Crippen LogP contribution in [-0.4, -0.2) is 22.9 Å². The maximum Gasteiger partial charge on any atom is 0.394 e. The van der Waals surface area contributed by atoms with E-state index in [0.29, 0.717) is 33.0 Å². The fourth-order valence-electron chi connectivity index (χ4n) is 5.00. The molecule has 2 amide bonds. The Balaban J connectivity index is 1.54. The molecule has 4 aromatic rings. The molecule has 0 aromatic heterocycles. The average molecular weight is 706 g/mol. The Bertz CT molecular complexity index is 1550. The van der Waals surface area contributed by atoms with Crippen molar-refractivity contribution >= 4 is 49.6 Å². The van der Waals surface area contributed by atoms with Crippen molar-refractivity contribution < 1.29 is 19.5 Å². The molecule has 0 radical (unpaired) electrons. The van der Waals surface area contributed by atoms with Gasteiger partial charge in [-0.2, -0.15) is 0 Å². The van der Waals surface area contributed by atoms with Gasteiger partial charge >= 0.3 is 11.9 Å². The molecule has 0 aliphatic carbocycles. The van der Waals surface area contributed by atoms with Crippen LogP contribution in [0.4, 0.5) is 0 Å². The summed E-state index contributed by atoms with van der Waals surface area (Å²) in [4.78, 5) is 37.0. The van der Waals surface area contributed by atoms with E-state index in [1.54, 1.807) is 12.1 Å². The third kappa shape index (κ3) is 8.88. The van der Waals surface area contributed by atoms with E-state index in [9.17, 15) is 19.5 Å². The van der Waals surface area contributed by atoms with Crippen LogP contribution in [0.5, 0.6) is 0 Å². The van der Waals surface area contributed by atoms with Gasteiger partial charge in [0, 0.05) is 26.6 Å². The molecule has 6 nitrogen and oxygen atoms in total. The van der Waals surface area contributed by atoms with E-state index in [1.807, 2.05) is 66.7 Å². The number of carbonyl (C=O) groups is 3. The number of rotatable bonds is 12. The summed E-state index contributed by atoms with van der Waals surface area (Å²) in [6, 6.07) is 28.7. The van der Waals surface area contributed by atoms with Gasteiger partial charge in [0.1, 0.15) is 0 Å². The van der Waals surface area contributed by atoms with Gasteiger partial charge in [-0.15, -0.1) is 0 Å². The lowest BCUT2D eigenvalue weighted by Gasteiger charge is -2.23. The zero-order valence-electron chi connectivity index (χ0n) is 23.9. The van der Waals surface area contributed by atoms with Crippen LogP contribution in [0.25, 0.3) is 11.1 Å². The van der Waals surface area contributed by atoms with E-state index in [1.165, 1.54) is 24.8 Å². The van der Waals surface area contributed by atoms with Crippen molar-refractivity contribution in [3.63, 3.8) is 0 Å². The van der Waals surface area contributed by atoms with Gasteiger partial charge in [0.2, 0.25) is 0 Å². The van der Waals surface area contributed by atoms with Crippen molar-refractivity contribution in [3.05, 3.63) is 128 Å². The minimum absolute atomic E-state index is 0.250. The molecule has 0 saturated carbocycles. The molecule has 222 valence electrons. The summed E-state index contributed by atoms with van der Waals surface area (Å²) in [6.07, 6.45) is 4.96. The molecule has 1 atom stereocenters. The molecule has 0 bridgehead atoms. The number of hydrogen-bond acceptors (Lipinski definition) is 3. The van der Waals surface area contributed by atoms with Crippen LogP contribution in [0, 0.1) is 0 Å². The molecule has 0 aliphatic rings. The number of carboxylic acids is 1. The molecule has 8 heteroatoms. The van der Waals surface area contributed by atoms with Crippen LogP contribution >= 0.6 is 31.9 Å². The summed E-state index contributed by atoms with van der Waals surface area (Å²) < 4.78 is 1.13. The van der Waals surface area contributed by atoms with Gasteiger partial charge in [0.15, 0.2) is 0 Å². The van der Waals surface area contributed by atoms with Crippen molar-refractivity contribution in [1.82, 2.24) is 10.6 Å². The van der Waals surface area contributed by atoms with Crippen molar-refractivity contribution in [3.8, 4) is 11.1 Å². The first-order chi connectivity index (χ1) is 20.8. The number of carboxylic acid groups (broad SMARTS) is 1. The number of amides is 2. The van der Waals surface area contributed by atoms with Gasteiger partial charge in [-0.3, -0.25) is 9.59 Å². The maximum absolute atomic E-state index is 13.1. The van der Waals surface area contributed by atoms with Crippen molar-refractivity contribution in [2.45, 2.75) is 51.6 Å². The minimum atomic E-state index is -1.57. The fraction of sp³-hybridized carbons (Fsp3) is 0.229. The second kappa shape index (κ2) is 15.6.